The maximum atomic E-state index is 4.64. The summed E-state index contributed by atoms with van der Waals surface area (Å²) >= 11 is 0. The summed E-state index contributed by atoms with van der Waals surface area (Å²) in [7, 11) is 4.12. The van der Waals surface area contributed by atoms with Crippen LogP contribution in [0.25, 0.3) is 0 Å². The van der Waals surface area contributed by atoms with E-state index in [9.17, 15) is 0 Å². The smallest absolute Gasteiger partial charge is 0.0644 e. The average Bonchev–Trinajstić information content (AvgIpc) is 2.64. The minimum atomic E-state index is 0.505. The molecule has 0 radical (unpaired) electrons. The van der Waals surface area contributed by atoms with Gasteiger partial charge in [0, 0.05) is 30.4 Å². The molecular formula is C16H30N4. The van der Waals surface area contributed by atoms with Gasteiger partial charge in [-0.05, 0) is 66.6 Å². The number of aromatic nitrogens is 2. The van der Waals surface area contributed by atoms with Gasteiger partial charge in [0.15, 0.2) is 0 Å². The highest BCUT2D eigenvalue weighted by atomic mass is 15.3. The lowest BCUT2D eigenvalue weighted by molar-refractivity contribution is 0.0628. The van der Waals surface area contributed by atoms with Crippen LogP contribution >= 0.6 is 0 Å². The van der Waals surface area contributed by atoms with Crippen LogP contribution < -0.4 is 5.32 Å². The first-order valence-electron chi connectivity index (χ1n) is 7.87. The number of hydrogen-bond acceptors (Lipinski definition) is 3. The normalized spacial score (nSPS) is 24.6. The summed E-state index contributed by atoms with van der Waals surface area (Å²) in [5, 5.41) is 8.03. The summed E-state index contributed by atoms with van der Waals surface area (Å²) in [6.07, 6.45) is 2.61. The van der Waals surface area contributed by atoms with E-state index in [2.05, 4.69) is 57.1 Å². The van der Waals surface area contributed by atoms with E-state index in [1.807, 2.05) is 4.68 Å². The van der Waals surface area contributed by atoms with Crippen molar-refractivity contribution in [3.8, 4) is 0 Å². The topological polar surface area (TPSA) is 33.1 Å². The predicted molar refractivity (Wildman–Crippen MR) is 83.9 cm³/mol. The molecule has 0 saturated carbocycles. The van der Waals surface area contributed by atoms with E-state index in [0.717, 1.165) is 6.54 Å². The highest BCUT2D eigenvalue weighted by Gasteiger charge is 2.36. The quantitative estimate of drug-likeness (QED) is 0.918. The fourth-order valence-corrected chi connectivity index (χ4v) is 3.78. The van der Waals surface area contributed by atoms with E-state index in [1.54, 1.807) is 0 Å². The molecule has 4 heteroatoms. The number of piperidine rings is 1. The summed E-state index contributed by atoms with van der Waals surface area (Å²) < 4.78 is 2.04. The molecule has 2 rings (SSSR count). The van der Waals surface area contributed by atoms with Crippen LogP contribution in [0.2, 0.25) is 0 Å². The van der Waals surface area contributed by atoms with Gasteiger partial charge in [-0.25, -0.2) is 0 Å². The second kappa shape index (κ2) is 6.27. The Morgan fingerprint density at radius 3 is 2.55 bits per heavy atom. The van der Waals surface area contributed by atoms with Crippen molar-refractivity contribution in [2.75, 3.05) is 20.1 Å². The van der Waals surface area contributed by atoms with Crippen molar-refractivity contribution in [1.82, 2.24) is 20.0 Å². The molecule has 1 aromatic heterocycles. The van der Waals surface area contributed by atoms with Crippen LogP contribution in [0.15, 0.2) is 0 Å². The molecule has 2 heterocycles. The van der Waals surface area contributed by atoms with Gasteiger partial charge in [-0.2, -0.15) is 5.10 Å². The SMILES string of the molecule is CNCC1CCCN(C(C)C)C1c1c(C)nn(C)c1C. The van der Waals surface area contributed by atoms with Crippen LogP contribution in [0, 0.1) is 19.8 Å². The summed E-state index contributed by atoms with van der Waals surface area (Å²) in [4.78, 5) is 2.67. The Balaban J connectivity index is 2.43. The minimum Gasteiger partial charge on any atom is -0.319 e. The lowest BCUT2D eigenvalue weighted by Crippen LogP contribution is -2.45. The number of rotatable bonds is 4. The zero-order chi connectivity index (χ0) is 14.9. The second-order valence-corrected chi connectivity index (χ2v) is 6.44. The molecule has 0 aliphatic carbocycles. The molecule has 1 N–H and O–H groups in total. The van der Waals surface area contributed by atoms with Gasteiger partial charge in [-0.3, -0.25) is 9.58 Å². The van der Waals surface area contributed by atoms with Gasteiger partial charge in [-0.1, -0.05) is 0 Å². The number of nitrogens with zero attached hydrogens (tertiary/aromatic N) is 3. The third kappa shape index (κ3) is 2.77. The molecule has 2 atom stereocenters. The first-order chi connectivity index (χ1) is 9.47. The van der Waals surface area contributed by atoms with Crippen LogP contribution in [0.1, 0.15) is 49.7 Å². The molecule has 1 fully saturated rings. The summed E-state index contributed by atoms with van der Waals surface area (Å²) in [6, 6.07) is 1.09. The highest BCUT2D eigenvalue weighted by Crippen LogP contribution is 2.39. The summed E-state index contributed by atoms with van der Waals surface area (Å²) in [5.74, 6) is 0.678. The Hall–Kier alpha value is -0.870. The van der Waals surface area contributed by atoms with Crippen LogP contribution in [0.5, 0.6) is 0 Å². The van der Waals surface area contributed by atoms with Gasteiger partial charge in [0.05, 0.1) is 5.69 Å². The molecule has 2 unspecified atom stereocenters. The zero-order valence-corrected chi connectivity index (χ0v) is 13.9. The van der Waals surface area contributed by atoms with E-state index in [0.29, 0.717) is 18.0 Å². The van der Waals surface area contributed by atoms with Crippen molar-refractivity contribution in [1.29, 1.82) is 0 Å². The number of aryl methyl sites for hydroxylation is 2. The lowest BCUT2D eigenvalue weighted by atomic mass is 9.83. The maximum Gasteiger partial charge on any atom is 0.0644 e. The van der Waals surface area contributed by atoms with Crippen molar-refractivity contribution in [3.05, 3.63) is 17.0 Å². The van der Waals surface area contributed by atoms with E-state index in [-0.39, 0.29) is 0 Å². The molecule has 20 heavy (non-hydrogen) atoms. The molecule has 1 aromatic rings. The molecule has 0 bridgehead atoms. The Kier molecular flexibility index (Phi) is 4.86. The molecular weight excluding hydrogens is 248 g/mol. The number of hydrogen-bond donors (Lipinski definition) is 1. The number of nitrogens with one attached hydrogen (secondary N) is 1. The molecule has 1 saturated heterocycles. The van der Waals surface area contributed by atoms with Crippen LogP contribution in [0.3, 0.4) is 0 Å². The second-order valence-electron chi connectivity index (χ2n) is 6.44. The standard InChI is InChI=1S/C16H30N4/c1-11(2)20-9-7-8-14(10-17-5)16(20)15-12(3)18-19(6)13(15)4/h11,14,16-17H,7-10H2,1-6H3. The molecule has 0 amide bonds. The fraction of sp³-hybridized carbons (Fsp3) is 0.812. The Labute approximate surface area is 123 Å². The van der Waals surface area contributed by atoms with Crippen LogP contribution in [0.4, 0.5) is 0 Å². The average molecular weight is 278 g/mol. The molecule has 1 aliphatic rings. The molecule has 0 spiro atoms. The van der Waals surface area contributed by atoms with E-state index in [4.69, 9.17) is 0 Å². The van der Waals surface area contributed by atoms with Gasteiger partial charge in [0.2, 0.25) is 0 Å². The van der Waals surface area contributed by atoms with Crippen molar-refractivity contribution in [2.45, 2.75) is 52.6 Å². The lowest BCUT2D eigenvalue weighted by Gasteiger charge is -2.44. The highest BCUT2D eigenvalue weighted by molar-refractivity contribution is 5.29. The van der Waals surface area contributed by atoms with E-state index < -0.39 is 0 Å². The summed E-state index contributed by atoms with van der Waals surface area (Å²) in [6.45, 7) is 11.3. The number of likely N-dealkylation sites (tertiary alicyclic amines) is 1. The maximum absolute atomic E-state index is 4.64. The Morgan fingerprint density at radius 2 is 2.05 bits per heavy atom. The largest absolute Gasteiger partial charge is 0.319 e. The van der Waals surface area contributed by atoms with Crippen LogP contribution in [-0.2, 0) is 7.05 Å². The van der Waals surface area contributed by atoms with Crippen LogP contribution in [-0.4, -0.2) is 40.9 Å². The van der Waals surface area contributed by atoms with Gasteiger partial charge in [0.1, 0.15) is 0 Å². The first-order valence-corrected chi connectivity index (χ1v) is 7.87. The molecule has 114 valence electrons. The monoisotopic (exact) mass is 278 g/mol. The van der Waals surface area contributed by atoms with Crippen molar-refractivity contribution < 1.29 is 0 Å². The summed E-state index contributed by atoms with van der Waals surface area (Å²) in [5.41, 5.74) is 3.98. The van der Waals surface area contributed by atoms with Crippen molar-refractivity contribution >= 4 is 0 Å². The van der Waals surface area contributed by atoms with E-state index >= 15 is 0 Å². The molecule has 1 aliphatic heterocycles. The fourth-order valence-electron chi connectivity index (χ4n) is 3.78. The van der Waals surface area contributed by atoms with E-state index in [1.165, 1.54) is 36.3 Å². The third-order valence-corrected chi connectivity index (χ3v) is 4.79. The Morgan fingerprint density at radius 1 is 1.35 bits per heavy atom. The first kappa shape index (κ1) is 15.5. The van der Waals surface area contributed by atoms with Crippen molar-refractivity contribution in [2.24, 2.45) is 13.0 Å². The Bertz CT molecular complexity index is 448. The third-order valence-electron chi connectivity index (χ3n) is 4.79. The molecule has 0 aromatic carbocycles. The van der Waals surface area contributed by atoms with Gasteiger partial charge >= 0.3 is 0 Å². The van der Waals surface area contributed by atoms with Crippen molar-refractivity contribution in [3.63, 3.8) is 0 Å². The van der Waals surface area contributed by atoms with Gasteiger partial charge in [0.25, 0.3) is 0 Å². The zero-order valence-electron chi connectivity index (χ0n) is 13.9. The molecule has 4 nitrogen and oxygen atoms in total. The minimum absolute atomic E-state index is 0.505. The van der Waals surface area contributed by atoms with Gasteiger partial charge in [-0.15, -0.1) is 0 Å². The van der Waals surface area contributed by atoms with Gasteiger partial charge < -0.3 is 5.32 Å². The predicted octanol–water partition coefficient (Wildman–Crippen LogP) is 2.42.